The van der Waals surface area contributed by atoms with Crippen molar-refractivity contribution in [2.24, 2.45) is 0 Å². The van der Waals surface area contributed by atoms with Crippen molar-refractivity contribution in [1.29, 1.82) is 0 Å². The predicted octanol–water partition coefficient (Wildman–Crippen LogP) is 1.78. The largest absolute Gasteiger partial charge is 0.480 e. The van der Waals surface area contributed by atoms with Gasteiger partial charge in [-0.15, -0.1) is 0 Å². The molecule has 0 aliphatic rings. The molecule has 0 radical (unpaired) electrons. The summed E-state index contributed by atoms with van der Waals surface area (Å²) in [5.74, 6) is -2.63. The van der Waals surface area contributed by atoms with Gasteiger partial charge in [0.05, 0.1) is 0 Å². The number of halogens is 2. The minimum absolute atomic E-state index is 0.0189. The highest BCUT2D eigenvalue weighted by molar-refractivity contribution is 7.99. The summed E-state index contributed by atoms with van der Waals surface area (Å²) in [6, 6.07) is 5.09. The van der Waals surface area contributed by atoms with Crippen LogP contribution in [0.3, 0.4) is 0 Å². The van der Waals surface area contributed by atoms with E-state index in [1.54, 1.807) is 0 Å². The fourth-order valence-electron chi connectivity index (χ4n) is 2.21. The van der Waals surface area contributed by atoms with E-state index < -0.39 is 29.7 Å². The zero-order chi connectivity index (χ0) is 18.8. The summed E-state index contributed by atoms with van der Waals surface area (Å²) in [5.41, 5.74) is -0.926. The van der Waals surface area contributed by atoms with Crippen molar-refractivity contribution in [1.82, 2.24) is 19.9 Å². The van der Waals surface area contributed by atoms with Gasteiger partial charge < -0.3 is 10.4 Å². The van der Waals surface area contributed by atoms with E-state index in [1.807, 2.05) is 0 Å². The highest BCUT2D eigenvalue weighted by Gasteiger charge is 2.20. The smallest absolute Gasteiger partial charge is 0.322 e. The molecule has 0 atom stereocenters. The third kappa shape index (κ3) is 3.70. The topological polar surface area (TPSA) is 117 Å². The third-order valence-corrected chi connectivity index (χ3v) is 4.42. The number of carbonyl (C=O) groups is 2. The van der Waals surface area contributed by atoms with Crippen LogP contribution in [0.25, 0.3) is 5.65 Å². The monoisotopic (exact) mass is 396 g/mol. The molecular weight excluding hydrogens is 387 g/mol. The van der Waals surface area contributed by atoms with Crippen LogP contribution < -0.4 is 10.7 Å². The molecule has 2 aromatic heterocycles. The van der Waals surface area contributed by atoms with Crippen LogP contribution in [0, 0.1) is 5.82 Å². The SMILES string of the molecule is O=C(O)CNC(=O)c1c(=O)cc(Sc2cc(F)cc(Cl)c2)n2[nH]cnc12. The first-order valence-corrected chi connectivity index (χ1v) is 8.27. The first-order valence-electron chi connectivity index (χ1n) is 7.08. The molecule has 3 rings (SSSR count). The molecule has 0 bridgehead atoms. The lowest BCUT2D eigenvalue weighted by molar-refractivity contribution is -0.135. The molecule has 11 heteroatoms. The maximum atomic E-state index is 13.5. The summed E-state index contributed by atoms with van der Waals surface area (Å²) >= 11 is 6.87. The van der Waals surface area contributed by atoms with Gasteiger partial charge >= 0.3 is 5.97 Å². The number of aromatic amines is 1. The second-order valence-corrected chi connectivity index (χ2v) is 6.58. The fourth-order valence-corrected chi connectivity index (χ4v) is 3.49. The van der Waals surface area contributed by atoms with Crippen LogP contribution in [0.5, 0.6) is 0 Å². The molecule has 1 amide bonds. The van der Waals surface area contributed by atoms with Crippen LogP contribution in [-0.2, 0) is 4.79 Å². The Labute approximate surface area is 154 Å². The molecule has 0 unspecified atom stereocenters. The number of amides is 1. The lowest BCUT2D eigenvalue weighted by atomic mass is 10.2. The molecule has 0 aliphatic carbocycles. The van der Waals surface area contributed by atoms with Crippen LogP contribution in [0.4, 0.5) is 4.39 Å². The molecule has 0 saturated carbocycles. The van der Waals surface area contributed by atoms with Gasteiger partial charge in [-0.2, -0.15) is 0 Å². The predicted molar refractivity (Wildman–Crippen MR) is 91.3 cm³/mol. The number of carboxylic acid groups (broad SMARTS) is 1. The molecule has 0 aliphatic heterocycles. The van der Waals surface area contributed by atoms with Gasteiger partial charge in [-0.05, 0) is 18.2 Å². The van der Waals surface area contributed by atoms with Crippen LogP contribution in [-0.4, -0.2) is 38.1 Å². The lowest BCUT2D eigenvalue weighted by Crippen LogP contribution is -2.33. The minimum atomic E-state index is -1.24. The molecule has 0 fully saturated rings. The van der Waals surface area contributed by atoms with Gasteiger partial charge in [0.25, 0.3) is 5.91 Å². The highest BCUT2D eigenvalue weighted by atomic mass is 35.5. The Morgan fingerprint density at radius 1 is 1.35 bits per heavy atom. The molecule has 3 aromatic rings. The van der Waals surface area contributed by atoms with Crippen molar-refractivity contribution >= 4 is 40.9 Å². The first-order chi connectivity index (χ1) is 12.3. The minimum Gasteiger partial charge on any atom is -0.480 e. The molecule has 0 saturated heterocycles. The number of H-pyrrole nitrogens is 1. The molecule has 0 spiro atoms. The van der Waals surface area contributed by atoms with Crippen molar-refractivity contribution in [3.8, 4) is 0 Å². The quantitative estimate of drug-likeness (QED) is 0.605. The number of pyridine rings is 1. The summed E-state index contributed by atoms with van der Waals surface area (Å²) < 4.78 is 14.9. The van der Waals surface area contributed by atoms with Crippen molar-refractivity contribution in [3.63, 3.8) is 0 Å². The third-order valence-electron chi connectivity index (χ3n) is 3.22. The van der Waals surface area contributed by atoms with E-state index in [2.05, 4.69) is 15.4 Å². The van der Waals surface area contributed by atoms with Crippen LogP contribution in [0.2, 0.25) is 5.02 Å². The number of hydrogen-bond donors (Lipinski definition) is 3. The van der Waals surface area contributed by atoms with E-state index in [9.17, 15) is 18.8 Å². The Hall–Kier alpha value is -2.85. The Morgan fingerprint density at radius 3 is 2.81 bits per heavy atom. The zero-order valence-corrected chi connectivity index (χ0v) is 14.4. The van der Waals surface area contributed by atoms with Crippen LogP contribution in [0.15, 0.2) is 45.3 Å². The maximum Gasteiger partial charge on any atom is 0.322 e. The number of nitrogens with zero attached hydrogens (tertiary/aromatic N) is 2. The van der Waals surface area contributed by atoms with Gasteiger partial charge in [0, 0.05) is 16.0 Å². The molecule has 3 N–H and O–H groups in total. The van der Waals surface area contributed by atoms with Gasteiger partial charge in [-0.1, -0.05) is 23.4 Å². The Kier molecular flexibility index (Phi) is 4.96. The number of carbonyl (C=O) groups excluding carboxylic acids is 1. The number of aliphatic carboxylic acids is 1. The number of fused-ring (bicyclic) bond motifs is 1. The number of nitrogens with one attached hydrogen (secondary N) is 2. The Balaban J connectivity index is 2.03. The fraction of sp³-hybridized carbons (Fsp3) is 0.0667. The summed E-state index contributed by atoms with van der Waals surface area (Å²) in [6.45, 7) is -0.632. The van der Waals surface area contributed by atoms with E-state index in [0.717, 1.165) is 17.8 Å². The number of hydrogen-bond acceptors (Lipinski definition) is 5. The summed E-state index contributed by atoms with van der Waals surface area (Å²) in [7, 11) is 0. The molecule has 26 heavy (non-hydrogen) atoms. The Bertz CT molecular complexity index is 1060. The van der Waals surface area contributed by atoms with Gasteiger partial charge in [0.1, 0.15) is 29.3 Å². The summed E-state index contributed by atoms with van der Waals surface area (Å²) in [4.78, 5) is 39.5. The van der Waals surface area contributed by atoms with Crippen molar-refractivity contribution in [3.05, 3.63) is 57.2 Å². The molecule has 134 valence electrons. The van der Waals surface area contributed by atoms with Crippen LogP contribution >= 0.6 is 23.4 Å². The first kappa shape index (κ1) is 18.0. The normalized spacial score (nSPS) is 10.8. The summed E-state index contributed by atoms with van der Waals surface area (Å²) in [6.07, 6.45) is 1.27. The number of rotatable bonds is 5. The van der Waals surface area contributed by atoms with Crippen molar-refractivity contribution in [2.45, 2.75) is 9.92 Å². The molecule has 8 nitrogen and oxygen atoms in total. The molecule has 1 aromatic carbocycles. The van der Waals surface area contributed by atoms with Crippen molar-refractivity contribution in [2.75, 3.05) is 6.54 Å². The number of aromatic nitrogens is 3. The van der Waals surface area contributed by atoms with Gasteiger partial charge in [0.15, 0.2) is 11.1 Å². The van der Waals surface area contributed by atoms with E-state index in [4.69, 9.17) is 16.7 Å². The molecule has 2 heterocycles. The van der Waals surface area contributed by atoms with E-state index >= 15 is 0 Å². The second-order valence-electron chi connectivity index (χ2n) is 5.05. The maximum absolute atomic E-state index is 13.5. The van der Waals surface area contributed by atoms with Crippen LogP contribution in [0.1, 0.15) is 10.4 Å². The zero-order valence-electron chi connectivity index (χ0n) is 12.8. The van der Waals surface area contributed by atoms with Gasteiger partial charge in [0.2, 0.25) is 0 Å². The van der Waals surface area contributed by atoms with E-state index in [0.29, 0.717) is 9.92 Å². The standard InChI is InChI=1S/C15H10ClFN4O4S/c16-7-1-8(17)3-9(2-7)26-11-4-10(22)13(14-19-6-20-21(11)14)15(25)18-5-12(23)24/h1-4,6H,5H2,(H,18,25)(H,19,20)(H,23,24). The average molecular weight is 397 g/mol. The van der Waals surface area contributed by atoms with Gasteiger partial charge in [-0.3, -0.25) is 19.5 Å². The second kappa shape index (κ2) is 7.18. The Morgan fingerprint density at radius 2 is 2.12 bits per heavy atom. The van der Waals surface area contributed by atoms with Crippen molar-refractivity contribution < 1.29 is 19.1 Å². The number of benzene rings is 1. The highest BCUT2D eigenvalue weighted by Crippen LogP contribution is 2.30. The average Bonchev–Trinajstić information content (AvgIpc) is 3.01. The van der Waals surface area contributed by atoms with E-state index in [-0.39, 0.29) is 16.2 Å². The van der Waals surface area contributed by atoms with Gasteiger partial charge in [-0.25, -0.2) is 13.9 Å². The lowest BCUT2D eigenvalue weighted by Gasteiger charge is -2.08. The number of carboxylic acids is 1. The molecular formula is C15H10ClFN4O4S. The summed E-state index contributed by atoms with van der Waals surface area (Å²) in [5, 5.41) is 14.1. The van der Waals surface area contributed by atoms with E-state index in [1.165, 1.54) is 29.0 Å².